The molecule has 1 aromatic carbocycles. The van der Waals surface area contributed by atoms with Crippen molar-refractivity contribution in [2.75, 3.05) is 13.1 Å². The predicted molar refractivity (Wildman–Crippen MR) is 90.9 cm³/mol. The number of carbonyl (C=O) groups is 2. The molecular weight excluding hydrogens is 340 g/mol. The van der Waals surface area contributed by atoms with Crippen molar-refractivity contribution in [3.05, 3.63) is 45.8 Å². The van der Waals surface area contributed by atoms with Crippen molar-refractivity contribution < 1.29 is 14.5 Å². The Labute approximate surface area is 148 Å². The normalized spacial score (nSPS) is 17.5. The zero-order valence-electron chi connectivity index (χ0n) is 14.4. The minimum atomic E-state index is -0.604. The number of nitro benzene ring substituents is 1. The monoisotopic (exact) mass is 358 g/mol. The molecule has 136 valence electrons. The molecule has 1 saturated heterocycles. The van der Waals surface area contributed by atoms with Crippen LogP contribution in [0.1, 0.15) is 29.5 Å². The lowest BCUT2D eigenvalue weighted by Crippen LogP contribution is -2.45. The number of hydrogen-bond donors (Lipinski definition) is 1. The minimum Gasteiger partial charge on any atom is -0.354 e. The molecule has 2 heterocycles. The van der Waals surface area contributed by atoms with Crippen LogP contribution in [-0.4, -0.2) is 55.8 Å². The van der Waals surface area contributed by atoms with E-state index in [2.05, 4.69) is 15.6 Å². The predicted octanol–water partition coefficient (Wildman–Crippen LogP) is 0.835. The SMILES string of the molecule is Cc1c(C(=O)N2CCCNC(=O)C2C)nnn1-c1cccc([N+](=O)[O-])c1. The summed E-state index contributed by atoms with van der Waals surface area (Å²) in [5.74, 6) is -0.594. The zero-order chi connectivity index (χ0) is 18.8. The van der Waals surface area contributed by atoms with E-state index in [1.165, 1.54) is 27.8 Å². The Morgan fingerprint density at radius 1 is 1.42 bits per heavy atom. The number of carbonyl (C=O) groups excluding carboxylic acids is 2. The van der Waals surface area contributed by atoms with Crippen LogP contribution in [0.5, 0.6) is 0 Å². The molecule has 1 N–H and O–H groups in total. The van der Waals surface area contributed by atoms with Crippen LogP contribution >= 0.6 is 0 Å². The summed E-state index contributed by atoms with van der Waals surface area (Å²) < 4.78 is 1.38. The van der Waals surface area contributed by atoms with Crippen LogP contribution in [0.15, 0.2) is 24.3 Å². The fourth-order valence-electron chi connectivity index (χ4n) is 2.87. The summed E-state index contributed by atoms with van der Waals surface area (Å²) in [6.45, 7) is 4.28. The molecule has 10 nitrogen and oxygen atoms in total. The molecule has 0 aliphatic carbocycles. The average molecular weight is 358 g/mol. The van der Waals surface area contributed by atoms with E-state index in [0.717, 1.165) is 0 Å². The molecule has 0 saturated carbocycles. The number of nitro groups is 1. The third-order valence-electron chi connectivity index (χ3n) is 4.37. The molecule has 2 aromatic rings. The first-order valence-electron chi connectivity index (χ1n) is 8.16. The molecule has 1 fully saturated rings. The lowest BCUT2D eigenvalue weighted by molar-refractivity contribution is -0.384. The van der Waals surface area contributed by atoms with E-state index in [1.807, 2.05) is 0 Å². The van der Waals surface area contributed by atoms with E-state index in [0.29, 0.717) is 30.9 Å². The first kappa shape index (κ1) is 17.5. The molecule has 26 heavy (non-hydrogen) atoms. The minimum absolute atomic E-state index is 0.0805. The van der Waals surface area contributed by atoms with Crippen LogP contribution < -0.4 is 5.32 Å². The van der Waals surface area contributed by atoms with E-state index >= 15 is 0 Å². The second-order valence-corrected chi connectivity index (χ2v) is 6.03. The van der Waals surface area contributed by atoms with E-state index < -0.39 is 11.0 Å². The summed E-state index contributed by atoms with van der Waals surface area (Å²) in [5.41, 5.74) is 0.929. The molecule has 3 rings (SSSR count). The number of nitrogens with one attached hydrogen (secondary N) is 1. The number of amides is 2. The first-order valence-corrected chi connectivity index (χ1v) is 8.16. The molecule has 1 aliphatic heterocycles. The fraction of sp³-hybridized carbons (Fsp3) is 0.375. The molecular formula is C16H18N6O4. The zero-order valence-corrected chi connectivity index (χ0v) is 14.4. The molecule has 1 aromatic heterocycles. The summed E-state index contributed by atoms with van der Waals surface area (Å²) in [5, 5.41) is 21.6. The summed E-state index contributed by atoms with van der Waals surface area (Å²) in [7, 11) is 0. The Morgan fingerprint density at radius 2 is 2.19 bits per heavy atom. The summed E-state index contributed by atoms with van der Waals surface area (Å²) in [6, 6.07) is 5.31. The molecule has 1 unspecified atom stereocenters. The van der Waals surface area contributed by atoms with E-state index in [1.54, 1.807) is 19.9 Å². The average Bonchev–Trinajstić information content (AvgIpc) is 2.93. The highest BCUT2D eigenvalue weighted by Crippen LogP contribution is 2.20. The molecule has 1 atom stereocenters. The van der Waals surface area contributed by atoms with Crippen molar-refractivity contribution >= 4 is 17.5 Å². The largest absolute Gasteiger partial charge is 0.354 e. The van der Waals surface area contributed by atoms with Crippen LogP contribution in [0.2, 0.25) is 0 Å². The summed E-state index contributed by atoms with van der Waals surface area (Å²) in [4.78, 5) is 36.8. The van der Waals surface area contributed by atoms with Crippen molar-refractivity contribution in [1.82, 2.24) is 25.2 Å². The van der Waals surface area contributed by atoms with Crippen molar-refractivity contribution in [3.63, 3.8) is 0 Å². The van der Waals surface area contributed by atoms with Gasteiger partial charge >= 0.3 is 0 Å². The van der Waals surface area contributed by atoms with Gasteiger partial charge in [0.05, 0.1) is 16.3 Å². The lowest BCUT2D eigenvalue weighted by atomic mass is 10.2. The Kier molecular flexibility index (Phi) is 4.65. The quantitative estimate of drug-likeness (QED) is 0.640. The second kappa shape index (κ2) is 6.90. The van der Waals surface area contributed by atoms with Gasteiger partial charge in [0.1, 0.15) is 6.04 Å². The third kappa shape index (κ3) is 3.13. The van der Waals surface area contributed by atoms with Crippen molar-refractivity contribution in [1.29, 1.82) is 0 Å². The second-order valence-electron chi connectivity index (χ2n) is 6.03. The van der Waals surface area contributed by atoms with E-state index in [4.69, 9.17) is 0 Å². The highest BCUT2D eigenvalue weighted by Gasteiger charge is 2.31. The number of aromatic nitrogens is 3. The number of non-ortho nitro benzene ring substituents is 1. The maximum atomic E-state index is 12.9. The smallest absolute Gasteiger partial charge is 0.277 e. The molecule has 2 amide bonds. The maximum Gasteiger partial charge on any atom is 0.277 e. The summed E-state index contributed by atoms with van der Waals surface area (Å²) in [6.07, 6.45) is 0.653. The fourth-order valence-corrected chi connectivity index (χ4v) is 2.87. The van der Waals surface area contributed by atoms with Gasteiger partial charge < -0.3 is 10.2 Å². The third-order valence-corrected chi connectivity index (χ3v) is 4.37. The Balaban J connectivity index is 1.93. The van der Waals surface area contributed by atoms with Gasteiger partial charge in [0.15, 0.2) is 5.69 Å². The van der Waals surface area contributed by atoms with Crippen LogP contribution in [0, 0.1) is 17.0 Å². The first-order chi connectivity index (χ1) is 12.4. The molecule has 10 heteroatoms. The van der Waals surface area contributed by atoms with Crippen molar-refractivity contribution in [3.8, 4) is 5.69 Å². The van der Waals surface area contributed by atoms with E-state index in [-0.39, 0.29) is 23.2 Å². The van der Waals surface area contributed by atoms with Crippen molar-refractivity contribution in [2.45, 2.75) is 26.3 Å². The van der Waals surface area contributed by atoms with Gasteiger partial charge in [-0.1, -0.05) is 11.3 Å². The Bertz CT molecular complexity index is 877. The van der Waals surface area contributed by atoms with Gasteiger partial charge in [0, 0.05) is 25.2 Å². The van der Waals surface area contributed by atoms with E-state index in [9.17, 15) is 19.7 Å². The highest BCUT2D eigenvalue weighted by molar-refractivity contribution is 5.97. The molecule has 0 radical (unpaired) electrons. The Hall–Kier alpha value is -3.30. The van der Waals surface area contributed by atoms with Gasteiger partial charge in [-0.3, -0.25) is 19.7 Å². The van der Waals surface area contributed by atoms with Gasteiger partial charge in [0.2, 0.25) is 5.91 Å². The number of benzene rings is 1. The number of hydrogen-bond acceptors (Lipinski definition) is 6. The van der Waals surface area contributed by atoms with Gasteiger partial charge in [-0.25, -0.2) is 4.68 Å². The standard InChI is InChI=1S/C16H18N6O4/c1-10-14(16(24)20-8-4-7-17-15(23)11(20)2)18-19-21(10)12-5-3-6-13(9-12)22(25)26/h3,5-6,9,11H,4,7-8H2,1-2H3,(H,17,23). The van der Waals surface area contributed by atoms with Crippen molar-refractivity contribution in [2.24, 2.45) is 0 Å². The topological polar surface area (TPSA) is 123 Å². The van der Waals surface area contributed by atoms with Crippen LogP contribution in [-0.2, 0) is 4.79 Å². The van der Waals surface area contributed by atoms with Gasteiger partial charge in [0.25, 0.3) is 11.6 Å². The van der Waals surface area contributed by atoms with Crippen LogP contribution in [0.25, 0.3) is 5.69 Å². The molecule has 0 bridgehead atoms. The number of rotatable bonds is 3. The van der Waals surface area contributed by atoms with Gasteiger partial charge in [-0.05, 0) is 26.3 Å². The number of nitrogens with zero attached hydrogens (tertiary/aromatic N) is 5. The molecule has 1 aliphatic rings. The van der Waals surface area contributed by atoms with Crippen LogP contribution in [0.4, 0.5) is 5.69 Å². The van der Waals surface area contributed by atoms with Gasteiger partial charge in [-0.2, -0.15) is 0 Å². The van der Waals surface area contributed by atoms with Crippen LogP contribution in [0.3, 0.4) is 0 Å². The highest BCUT2D eigenvalue weighted by atomic mass is 16.6. The maximum absolute atomic E-state index is 12.9. The molecule has 0 spiro atoms. The lowest BCUT2D eigenvalue weighted by Gasteiger charge is -2.24. The van der Waals surface area contributed by atoms with Gasteiger partial charge in [-0.15, -0.1) is 5.10 Å². The summed E-state index contributed by atoms with van der Waals surface area (Å²) >= 11 is 0. The Morgan fingerprint density at radius 3 is 2.92 bits per heavy atom.